The van der Waals surface area contributed by atoms with Gasteiger partial charge in [-0.25, -0.2) is 0 Å². The Balaban J connectivity index is 0.00000225. The molecule has 1 saturated heterocycles. The monoisotopic (exact) mass is 437 g/mol. The average molecular weight is 438 g/mol. The molecule has 1 aromatic carbocycles. The molecule has 0 amide bonds. The minimum absolute atomic E-state index is 0. The second-order valence-electron chi connectivity index (χ2n) is 7.48. The first kappa shape index (κ1) is 21.6. The average Bonchev–Trinajstić information content (AvgIpc) is 3.11. The fourth-order valence-corrected chi connectivity index (χ4v) is 5.38. The van der Waals surface area contributed by atoms with Crippen LogP contribution in [0.2, 0.25) is 5.02 Å². The Morgan fingerprint density at radius 3 is 2.57 bits per heavy atom. The fraction of sp³-hybridized carbons (Fsp3) is 0.500. The van der Waals surface area contributed by atoms with Gasteiger partial charge in [-0.3, -0.25) is 4.98 Å². The Morgan fingerprint density at radius 2 is 1.82 bits per heavy atom. The van der Waals surface area contributed by atoms with Crippen molar-refractivity contribution < 1.29 is 0 Å². The Bertz CT molecular complexity index is 759. The molecule has 0 bridgehead atoms. The quantitative estimate of drug-likeness (QED) is 0.546. The molecule has 6 heteroatoms. The number of hydrogen-bond acceptors (Lipinski definition) is 4. The third-order valence-corrected chi connectivity index (χ3v) is 7.15. The van der Waals surface area contributed by atoms with Crippen LogP contribution in [0.25, 0.3) is 0 Å². The standard InChI is InChI=1S/C22H28ClN3S.ClH/c23-20-10-11-21-19(7-3-4-12-24-21)22(20)27-16-17-8-9-18(15-25-17)26-13-5-1-2-6-14-26;/h8-11,15,24H,1-7,12-14,16H2;1H. The molecule has 0 radical (unpaired) electrons. The Morgan fingerprint density at radius 1 is 1.00 bits per heavy atom. The van der Waals surface area contributed by atoms with Gasteiger partial charge in [0.2, 0.25) is 0 Å². The predicted octanol–water partition coefficient (Wildman–Crippen LogP) is 6.58. The lowest BCUT2D eigenvalue weighted by Crippen LogP contribution is -2.23. The van der Waals surface area contributed by atoms with Crippen molar-refractivity contribution in [2.24, 2.45) is 0 Å². The summed E-state index contributed by atoms with van der Waals surface area (Å²) in [5, 5.41) is 4.41. The highest BCUT2D eigenvalue weighted by molar-refractivity contribution is 7.98. The third-order valence-electron chi connectivity index (χ3n) is 5.53. The van der Waals surface area contributed by atoms with Gasteiger partial charge in [-0.1, -0.05) is 24.4 Å². The number of hydrogen-bond donors (Lipinski definition) is 1. The van der Waals surface area contributed by atoms with Crippen LogP contribution in [-0.4, -0.2) is 24.6 Å². The van der Waals surface area contributed by atoms with Crippen molar-refractivity contribution in [3.8, 4) is 0 Å². The van der Waals surface area contributed by atoms with E-state index < -0.39 is 0 Å². The normalized spacial score (nSPS) is 17.0. The van der Waals surface area contributed by atoms with E-state index >= 15 is 0 Å². The highest BCUT2D eigenvalue weighted by atomic mass is 35.5. The largest absolute Gasteiger partial charge is 0.385 e. The lowest BCUT2D eigenvalue weighted by molar-refractivity contribution is 0.726. The maximum absolute atomic E-state index is 6.55. The second-order valence-corrected chi connectivity index (χ2v) is 8.88. The minimum atomic E-state index is 0. The van der Waals surface area contributed by atoms with Crippen molar-refractivity contribution in [1.29, 1.82) is 0 Å². The zero-order chi connectivity index (χ0) is 18.5. The summed E-state index contributed by atoms with van der Waals surface area (Å²) in [6.45, 7) is 3.38. The van der Waals surface area contributed by atoms with Crippen LogP contribution in [0.4, 0.5) is 11.4 Å². The fourth-order valence-electron chi connectivity index (χ4n) is 3.98. The van der Waals surface area contributed by atoms with Crippen LogP contribution in [0.1, 0.15) is 49.8 Å². The molecular weight excluding hydrogens is 409 g/mol. The maximum atomic E-state index is 6.55. The van der Waals surface area contributed by atoms with E-state index in [1.54, 1.807) is 0 Å². The number of halogens is 2. The van der Waals surface area contributed by atoms with Gasteiger partial charge in [-0.05, 0) is 61.9 Å². The van der Waals surface area contributed by atoms with Crippen LogP contribution in [0.15, 0.2) is 35.4 Å². The van der Waals surface area contributed by atoms with E-state index in [9.17, 15) is 0 Å². The summed E-state index contributed by atoms with van der Waals surface area (Å²) in [5.41, 5.74) is 5.02. The van der Waals surface area contributed by atoms with Gasteiger partial charge in [0.05, 0.1) is 22.6 Å². The Labute approximate surface area is 184 Å². The predicted molar refractivity (Wildman–Crippen MR) is 125 cm³/mol. The van der Waals surface area contributed by atoms with Crippen molar-refractivity contribution in [2.45, 2.75) is 55.6 Å². The van der Waals surface area contributed by atoms with Crippen LogP contribution >= 0.6 is 35.8 Å². The number of anilines is 2. The lowest BCUT2D eigenvalue weighted by atomic mass is 10.1. The molecule has 0 saturated carbocycles. The SMILES string of the molecule is Cl.Clc1ccc2c(c1SCc1ccc(N3CCCCCC3)cn1)CCCCN2. The molecule has 0 atom stereocenters. The van der Waals surface area contributed by atoms with Gasteiger partial charge in [0.25, 0.3) is 0 Å². The summed E-state index contributed by atoms with van der Waals surface area (Å²) < 4.78 is 0. The van der Waals surface area contributed by atoms with Crippen LogP contribution in [-0.2, 0) is 12.2 Å². The molecule has 28 heavy (non-hydrogen) atoms. The molecule has 152 valence electrons. The summed E-state index contributed by atoms with van der Waals surface area (Å²) in [7, 11) is 0. The van der Waals surface area contributed by atoms with Crippen LogP contribution < -0.4 is 10.2 Å². The van der Waals surface area contributed by atoms with Crippen LogP contribution in [0.5, 0.6) is 0 Å². The maximum Gasteiger partial charge on any atom is 0.0552 e. The number of aromatic nitrogens is 1. The van der Waals surface area contributed by atoms with Gasteiger partial charge in [0.1, 0.15) is 0 Å². The highest BCUT2D eigenvalue weighted by Crippen LogP contribution is 2.38. The second kappa shape index (κ2) is 10.6. The topological polar surface area (TPSA) is 28.2 Å². The van der Waals surface area contributed by atoms with Crippen molar-refractivity contribution in [2.75, 3.05) is 29.9 Å². The molecule has 2 aliphatic heterocycles. The summed E-state index contributed by atoms with van der Waals surface area (Å²) in [4.78, 5) is 8.45. The minimum Gasteiger partial charge on any atom is -0.385 e. The third kappa shape index (κ3) is 5.28. The summed E-state index contributed by atoms with van der Waals surface area (Å²) in [6.07, 6.45) is 10.9. The van der Waals surface area contributed by atoms with E-state index in [1.807, 2.05) is 17.8 Å². The summed E-state index contributed by atoms with van der Waals surface area (Å²) in [6, 6.07) is 8.57. The summed E-state index contributed by atoms with van der Waals surface area (Å²) >= 11 is 8.37. The van der Waals surface area contributed by atoms with E-state index in [-0.39, 0.29) is 12.4 Å². The number of nitrogens with zero attached hydrogens (tertiary/aromatic N) is 2. The Hall–Kier alpha value is -1.10. The first-order valence-corrected chi connectivity index (χ1v) is 11.6. The van der Waals surface area contributed by atoms with E-state index in [1.165, 1.54) is 60.4 Å². The number of benzene rings is 1. The first-order chi connectivity index (χ1) is 13.3. The van der Waals surface area contributed by atoms with Crippen LogP contribution in [0.3, 0.4) is 0 Å². The number of pyridine rings is 1. The number of nitrogens with one attached hydrogen (secondary N) is 1. The van der Waals surface area contributed by atoms with Gasteiger partial charge < -0.3 is 10.2 Å². The first-order valence-electron chi connectivity index (χ1n) is 10.2. The van der Waals surface area contributed by atoms with E-state index in [0.29, 0.717) is 0 Å². The van der Waals surface area contributed by atoms with Gasteiger partial charge in [0, 0.05) is 36.0 Å². The molecule has 3 nitrogen and oxygen atoms in total. The zero-order valence-corrected chi connectivity index (χ0v) is 18.6. The molecule has 2 aliphatic rings. The van der Waals surface area contributed by atoms with E-state index in [4.69, 9.17) is 16.6 Å². The van der Waals surface area contributed by atoms with E-state index in [2.05, 4.69) is 34.6 Å². The molecule has 0 spiro atoms. The lowest BCUT2D eigenvalue weighted by Gasteiger charge is -2.22. The van der Waals surface area contributed by atoms with Crippen molar-refractivity contribution in [1.82, 2.24) is 4.98 Å². The van der Waals surface area contributed by atoms with Gasteiger partial charge >= 0.3 is 0 Å². The molecule has 0 aliphatic carbocycles. The smallest absolute Gasteiger partial charge is 0.0552 e. The van der Waals surface area contributed by atoms with E-state index in [0.717, 1.165) is 42.5 Å². The highest BCUT2D eigenvalue weighted by Gasteiger charge is 2.16. The van der Waals surface area contributed by atoms with Crippen molar-refractivity contribution in [3.63, 3.8) is 0 Å². The molecule has 1 fully saturated rings. The van der Waals surface area contributed by atoms with Crippen LogP contribution in [0, 0.1) is 0 Å². The Kier molecular flexibility index (Phi) is 8.19. The van der Waals surface area contributed by atoms with Crippen molar-refractivity contribution in [3.05, 3.63) is 46.7 Å². The van der Waals surface area contributed by atoms with Gasteiger partial charge in [-0.2, -0.15) is 0 Å². The molecule has 0 unspecified atom stereocenters. The number of rotatable bonds is 4. The number of thioether (sulfide) groups is 1. The molecular formula is C22H29Cl2N3S. The van der Waals surface area contributed by atoms with Crippen molar-refractivity contribution >= 4 is 47.1 Å². The van der Waals surface area contributed by atoms with Gasteiger partial charge in [0.15, 0.2) is 0 Å². The summed E-state index contributed by atoms with van der Waals surface area (Å²) in [5.74, 6) is 0.858. The molecule has 2 aromatic rings. The molecule has 1 aromatic heterocycles. The van der Waals surface area contributed by atoms with Gasteiger partial charge in [-0.15, -0.1) is 24.2 Å². The molecule has 1 N–H and O–H groups in total. The molecule has 3 heterocycles. The molecule has 4 rings (SSSR count). The number of fused-ring (bicyclic) bond motifs is 1. The zero-order valence-electron chi connectivity index (χ0n) is 16.3.